The first-order valence-electron chi connectivity index (χ1n) is 11.2. The van der Waals surface area contributed by atoms with Crippen molar-refractivity contribution in [2.24, 2.45) is 5.92 Å². The highest BCUT2D eigenvalue weighted by Crippen LogP contribution is 2.32. The van der Waals surface area contributed by atoms with Gasteiger partial charge in [-0.05, 0) is 61.6 Å². The number of carbonyl (C=O) groups is 2. The molecule has 2 amide bonds. The smallest absolute Gasteiger partial charge is 0.243 e. The summed E-state index contributed by atoms with van der Waals surface area (Å²) in [7, 11) is -2.19. The van der Waals surface area contributed by atoms with Crippen LogP contribution in [0.15, 0.2) is 47.4 Å². The number of methoxy groups -OCH3 is 1. The van der Waals surface area contributed by atoms with Gasteiger partial charge in [0.05, 0.1) is 17.9 Å². The summed E-state index contributed by atoms with van der Waals surface area (Å²) in [5.41, 5.74) is 2.26. The highest BCUT2D eigenvalue weighted by atomic mass is 32.2. The number of nitrogens with zero attached hydrogens (tertiary/aromatic N) is 2. The molecule has 2 aromatic carbocycles. The third-order valence-electron chi connectivity index (χ3n) is 6.28. The van der Waals surface area contributed by atoms with Crippen LogP contribution in [0.25, 0.3) is 0 Å². The van der Waals surface area contributed by atoms with Gasteiger partial charge in [0.1, 0.15) is 5.75 Å². The number of nitrogens with one attached hydrogen (secondary N) is 1. The molecule has 1 fully saturated rings. The lowest BCUT2D eigenvalue weighted by Gasteiger charge is -2.32. The second-order valence-corrected chi connectivity index (χ2v) is 10.4. The van der Waals surface area contributed by atoms with E-state index < -0.39 is 15.9 Å². The Balaban J connectivity index is 1.50. The lowest BCUT2D eigenvalue weighted by Crippen LogP contribution is -2.43. The van der Waals surface area contributed by atoms with Crippen LogP contribution >= 0.6 is 0 Å². The SMILES string of the molecule is COc1cccc(NC(=O)C2CCCN(S(=O)(=O)c3ccc4c(c3)CCCN4C(C)=O)C2)c1. The van der Waals surface area contributed by atoms with Gasteiger partial charge in [-0.2, -0.15) is 4.31 Å². The molecule has 2 aliphatic rings. The van der Waals surface area contributed by atoms with Crippen LogP contribution in [0.5, 0.6) is 5.75 Å². The van der Waals surface area contributed by atoms with Crippen LogP contribution in [0.4, 0.5) is 11.4 Å². The highest BCUT2D eigenvalue weighted by molar-refractivity contribution is 7.89. The second-order valence-electron chi connectivity index (χ2n) is 8.49. The van der Waals surface area contributed by atoms with E-state index in [4.69, 9.17) is 4.74 Å². The molecular formula is C24H29N3O5S. The number of sulfonamides is 1. The molecule has 4 rings (SSSR count). The monoisotopic (exact) mass is 471 g/mol. The molecular weight excluding hydrogens is 442 g/mol. The zero-order chi connectivity index (χ0) is 23.6. The summed E-state index contributed by atoms with van der Waals surface area (Å²) in [5, 5.41) is 2.88. The third-order valence-corrected chi connectivity index (χ3v) is 8.14. The van der Waals surface area contributed by atoms with Gasteiger partial charge in [0, 0.05) is 44.0 Å². The minimum absolute atomic E-state index is 0.0486. The molecule has 8 nitrogen and oxygen atoms in total. The number of anilines is 2. The molecule has 0 bridgehead atoms. The van der Waals surface area contributed by atoms with E-state index in [0.717, 1.165) is 24.1 Å². The Kier molecular flexibility index (Phi) is 6.71. The number of piperidine rings is 1. The number of benzene rings is 2. The van der Waals surface area contributed by atoms with Crippen LogP contribution in [-0.2, 0) is 26.0 Å². The molecule has 1 atom stereocenters. The molecule has 1 saturated heterocycles. The van der Waals surface area contributed by atoms with Crippen molar-refractivity contribution in [3.8, 4) is 5.75 Å². The van der Waals surface area contributed by atoms with Crippen LogP contribution in [0.2, 0.25) is 0 Å². The van der Waals surface area contributed by atoms with E-state index in [-0.39, 0.29) is 23.3 Å². The predicted molar refractivity (Wildman–Crippen MR) is 126 cm³/mol. The summed E-state index contributed by atoms with van der Waals surface area (Å²) in [5.74, 6) is -0.0554. The molecule has 0 saturated carbocycles. The number of carbonyl (C=O) groups excluding carboxylic acids is 2. The first-order chi connectivity index (χ1) is 15.8. The van der Waals surface area contributed by atoms with E-state index in [0.29, 0.717) is 37.4 Å². The van der Waals surface area contributed by atoms with Gasteiger partial charge in [0.2, 0.25) is 21.8 Å². The van der Waals surface area contributed by atoms with Crippen molar-refractivity contribution in [2.45, 2.75) is 37.5 Å². The van der Waals surface area contributed by atoms with Gasteiger partial charge in [0.25, 0.3) is 0 Å². The maximum absolute atomic E-state index is 13.4. The first-order valence-corrected chi connectivity index (χ1v) is 12.6. The van der Waals surface area contributed by atoms with E-state index in [1.807, 2.05) is 0 Å². The Morgan fingerprint density at radius 2 is 1.91 bits per heavy atom. The van der Waals surface area contributed by atoms with Crippen LogP contribution in [0.3, 0.4) is 0 Å². The molecule has 9 heteroatoms. The quantitative estimate of drug-likeness (QED) is 0.723. The van der Waals surface area contributed by atoms with Gasteiger partial charge in [-0.25, -0.2) is 8.42 Å². The average Bonchev–Trinajstić information content (AvgIpc) is 2.83. The van der Waals surface area contributed by atoms with Crippen molar-refractivity contribution in [2.75, 3.05) is 37.0 Å². The fraction of sp³-hybridized carbons (Fsp3) is 0.417. The Morgan fingerprint density at radius 3 is 2.67 bits per heavy atom. The molecule has 0 aromatic heterocycles. The summed E-state index contributed by atoms with van der Waals surface area (Å²) >= 11 is 0. The molecule has 1 N–H and O–H groups in total. The molecule has 176 valence electrons. The largest absolute Gasteiger partial charge is 0.497 e. The van der Waals surface area contributed by atoms with E-state index in [1.54, 1.807) is 54.5 Å². The number of ether oxygens (including phenoxy) is 1. The zero-order valence-electron chi connectivity index (χ0n) is 18.9. The van der Waals surface area contributed by atoms with Crippen molar-refractivity contribution in [3.05, 3.63) is 48.0 Å². The summed E-state index contributed by atoms with van der Waals surface area (Å²) in [4.78, 5) is 26.7. The molecule has 0 radical (unpaired) electrons. The molecule has 2 aliphatic heterocycles. The molecule has 1 unspecified atom stereocenters. The summed E-state index contributed by atoms with van der Waals surface area (Å²) in [6.07, 6.45) is 2.76. The fourth-order valence-corrected chi connectivity index (χ4v) is 6.10. The summed E-state index contributed by atoms with van der Waals surface area (Å²) in [6.45, 7) is 2.67. The van der Waals surface area contributed by atoms with E-state index in [9.17, 15) is 18.0 Å². The third kappa shape index (κ3) is 4.89. The Bertz CT molecular complexity index is 1160. The van der Waals surface area contributed by atoms with Crippen LogP contribution in [0.1, 0.15) is 31.7 Å². The zero-order valence-corrected chi connectivity index (χ0v) is 19.7. The second kappa shape index (κ2) is 9.52. The maximum atomic E-state index is 13.4. The normalized spacial score (nSPS) is 19.0. The topological polar surface area (TPSA) is 96.0 Å². The lowest BCUT2D eigenvalue weighted by atomic mass is 9.98. The number of hydrogen-bond donors (Lipinski definition) is 1. The van der Waals surface area contributed by atoms with E-state index >= 15 is 0 Å². The maximum Gasteiger partial charge on any atom is 0.243 e. The van der Waals surface area contributed by atoms with Gasteiger partial charge in [-0.15, -0.1) is 0 Å². The molecule has 2 heterocycles. The highest BCUT2D eigenvalue weighted by Gasteiger charge is 2.34. The van der Waals surface area contributed by atoms with Crippen LogP contribution < -0.4 is 15.0 Å². The number of amides is 2. The molecule has 33 heavy (non-hydrogen) atoms. The van der Waals surface area contributed by atoms with E-state index in [2.05, 4.69) is 5.32 Å². The number of aryl methyl sites for hydroxylation is 1. The molecule has 0 aliphatic carbocycles. The van der Waals surface area contributed by atoms with Crippen molar-refractivity contribution >= 4 is 33.2 Å². The Hall–Kier alpha value is -2.91. The number of fused-ring (bicyclic) bond motifs is 1. The van der Waals surface area contributed by atoms with Gasteiger partial charge in [-0.3, -0.25) is 9.59 Å². The summed E-state index contributed by atoms with van der Waals surface area (Å²) in [6, 6.07) is 12.0. The predicted octanol–water partition coefficient (Wildman–Crippen LogP) is 3.03. The minimum Gasteiger partial charge on any atom is -0.497 e. The van der Waals surface area contributed by atoms with Crippen molar-refractivity contribution in [1.29, 1.82) is 0 Å². The van der Waals surface area contributed by atoms with Gasteiger partial charge in [0.15, 0.2) is 0 Å². The Morgan fingerprint density at radius 1 is 1.09 bits per heavy atom. The van der Waals surface area contributed by atoms with Crippen molar-refractivity contribution in [3.63, 3.8) is 0 Å². The van der Waals surface area contributed by atoms with Gasteiger partial charge >= 0.3 is 0 Å². The van der Waals surface area contributed by atoms with Gasteiger partial charge < -0.3 is 15.0 Å². The number of rotatable bonds is 5. The Labute approximate surface area is 194 Å². The van der Waals surface area contributed by atoms with Gasteiger partial charge in [-0.1, -0.05) is 6.07 Å². The van der Waals surface area contributed by atoms with Crippen LogP contribution in [-0.4, -0.2) is 51.3 Å². The average molecular weight is 472 g/mol. The summed E-state index contributed by atoms with van der Waals surface area (Å²) < 4.78 is 33.4. The minimum atomic E-state index is -3.75. The van der Waals surface area contributed by atoms with Crippen molar-refractivity contribution in [1.82, 2.24) is 4.31 Å². The van der Waals surface area contributed by atoms with Crippen LogP contribution in [0, 0.1) is 5.92 Å². The number of hydrogen-bond acceptors (Lipinski definition) is 5. The molecule has 2 aromatic rings. The molecule has 0 spiro atoms. The fourth-order valence-electron chi connectivity index (χ4n) is 4.53. The standard InChI is InChI=1S/C24H29N3O5S/c1-17(28)27-13-5-6-18-14-22(10-11-23(18)27)33(30,31)26-12-4-7-19(16-26)24(29)25-20-8-3-9-21(15-20)32-2/h3,8-11,14-15,19H,4-7,12-13,16H2,1-2H3,(H,25,29). The van der Waals surface area contributed by atoms with Crippen molar-refractivity contribution < 1.29 is 22.7 Å². The first kappa shape index (κ1) is 23.3. The lowest BCUT2D eigenvalue weighted by molar-refractivity contribution is -0.121. The van der Waals surface area contributed by atoms with E-state index in [1.165, 1.54) is 11.2 Å².